The fourth-order valence-corrected chi connectivity index (χ4v) is 1.95. The first kappa shape index (κ1) is 11.9. The highest BCUT2D eigenvalue weighted by molar-refractivity contribution is 6.30. The summed E-state index contributed by atoms with van der Waals surface area (Å²) in [5.74, 6) is 0. The van der Waals surface area contributed by atoms with Gasteiger partial charge in [-0.25, -0.2) is 0 Å². The summed E-state index contributed by atoms with van der Waals surface area (Å²) in [6.45, 7) is 7.15. The van der Waals surface area contributed by atoms with Crippen molar-refractivity contribution in [1.82, 2.24) is 5.32 Å². The summed E-state index contributed by atoms with van der Waals surface area (Å²) in [5, 5.41) is 4.33. The Morgan fingerprint density at radius 2 is 2.00 bits per heavy atom. The van der Waals surface area contributed by atoms with E-state index in [0.717, 1.165) is 24.8 Å². The predicted molar refractivity (Wildman–Crippen MR) is 66.8 cm³/mol. The summed E-state index contributed by atoms with van der Waals surface area (Å²) >= 11 is 5.86. The van der Waals surface area contributed by atoms with Gasteiger partial charge in [-0.2, -0.15) is 0 Å². The lowest BCUT2D eigenvalue weighted by Gasteiger charge is -2.39. The highest BCUT2D eigenvalue weighted by Gasteiger charge is 2.33. The van der Waals surface area contributed by atoms with E-state index in [-0.39, 0.29) is 0 Å². The van der Waals surface area contributed by atoms with Crippen molar-refractivity contribution in [2.24, 2.45) is 5.41 Å². The molecule has 1 fully saturated rings. The average molecular weight is 240 g/mol. The maximum absolute atomic E-state index is 5.86. The van der Waals surface area contributed by atoms with Gasteiger partial charge in [0, 0.05) is 23.0 Å². The smallest absolute Gasteiger partial charge is 0.0554 e. The van der Waals surface area contributed by atoms with Crippen LogP contribution in [0.5, 0.6) is 0 Å². The van der Waals surface area contributed by atoms with E-state index in [4.69, 9.17) is 16.3 Å². The van der Waals surface area contributed by atoms with Crippen LogP contribution in [-0.2, 0) is 4.74 Å². The molecule has 16 heavy (non-hydrogen) atoms. The minimum atomic E-state index is 0.320. The molecule has 1 N–H and O–H groups in total. The maximum Gasteiger partial charge on any atom is 0.0554 e. The van der Waals surface area contributed by atoms with E-state index in [1.807, 2.05) is 12.1 Å². The van der Waals surface area contributed by atoms with E-state index in [9.17, 15) is 0 Å². The topological polar surface area (TPSA) is 21.3 Å². The van der Waals surface area contributed by atoms with Crippen LogP contribution < -0.4 is 5.32 Å². The van der Waals surface area contributed by atoms with Crippen LogP contribution in [0.15, 0.2) is 24.3 Å². The Kier molecular flexibility index (Phi) is 3.53. The lowest BCUT2D eigenvalue weighted by atomic mass is 9.88. The molecule has 0 bridgehead atoms. The SMILES string of the molecule is C[C@@H](NCC1(C)COC1)c1ccc(Cl)cc1. The fourth-order valence-electron chi connectivity index (χ4n) is 1.82. The van der Waals surface area contributed by atoms with Crippen molar-refractivity contribution in [3.8, 4) is 0 Å². The zero-order chi connectivity index (χ0) is 11.6. The number of ether oxygens (including phenoxy) is 1. The van der Waals surface area contributed by atoms with Crippen LogP contribution >= 0.6 is 11.6 Å². The van der Waals surface area contributed by atoms with Gasteiger partial charge in [-0.05, 0) is 24.6 Å². The molecule has 0 radical (unpaired) electrons. The molecule has 1 heterocycles. The van der Waals surface area contributed by atoms with Crippen molar-refractivity contribution in [2.45, 2.75) is 19.9 Å². The first-order chi connectivity index (χ1) is 7.59. The molecule has 1 aromatic rings. The molecule has 1 atom stereocenters. The number of benzene rings is 1. The van der Waals surface area contributed by atoms with Crippen molar-refractivity contribution in [3.63, 3.8) is 0 Å². The van der Waals surface area contributed by atoms with E-state index >= 15 is 0 Å². The Balaban J connectivity index is 1.87. The second kappa shape index (κ2) is 4.74. The van der Waals surface area contributed by atoms with Crippen molar-refractivity contribution in [1.29, 1.82) is 0 Å². The number of nitrogens with one attached hydrogen (secondary N) is 1. The third kappa shape index (κ3) is 2.76. The van der Waals surface area contributed by atoms with Gasteiger partial charge in [0.15, 0.2) is 0 Å². The molecule has 0 aromatic heterocycles. The van der Waals surface area contributed by atoms with Gasteiger partial charge in [-0.1, -0.05) is 30.7 Å². The van der Waals surface area contributed by atoms with Gasteiger partial charge in [-0.3, -0.25) is 0 Å². The van der Waals surface area contributed by atoms with Gasteiger partial charge in [0.1, 0.15) is 0 Å². The van der Waals surface area contributed by atoms with Crippen LogP contribution in [0, 0.1) is 5.41 Å². The van der Waals surface area contributed by atoms with Gasteiger partial charge in [-0.15, -0.1) is 0 Å². The number of hydrogen-bond acceptors (Lipinski definition) is 2. The average Bonchev–Trinajstić information content (AvgIpc) is 2.24. The lowest BCUT2D eigenvalue weighted by Crippen LogP contribution is -2.47. The molecule has 1 saturated heterocycles. The predicted octanol–water partition coefficient (Wildman–Crippen LogP) is 3.03. The Hall–Kier alpha value is -0.570. The maximum atomic E-state index is 5.86. The van der Waals surface area contributed by atoms with Crippen LogP contribution in [0.25, 0.3) is 0 Å². The first-order valence-corrected chi connectivity index (χ1v) is 6.03. The quantitative estimate of drug-likeness (QED) is 0.872. The summed E-state index contributed by atoms with van der Waals surface area (Å²) in [4.78, 5) is 0. The third-order valence-electron chi connectivity index (χ3n) is 3.11. The Morgan fingerprint density at radius 3 is 2.50 bits per heavy atom. The molecule has 3 heteroatoms. The monoisotopic (exact) mass is 239 g/mol. The number of hydrogen-bond donors (Lipinski definition) is 1. The molecule has 0 unspecified atom stereocenters. The minimum absolute atomic E-state index is 0.320. The Labute approximate surface area is 102 Å². The molecular weight excluding hydrogens is 222 g/mol. The number of halogens is 1. The van der Waals surface area contributed by atoms with Crippen LogP contribution in [0.3, 0.4) is 0 Å². The molecule has 0 saturated carbocycles. The van der Waals surface area contributed by atoms with Crippen molar-refractivity contribution in [3.05, 3.63) is 34.9 Å². The minimum Gasteiger partial charge on any atom is -0.380 e. The Bertz CT molecular complexity index is 345. The van der Waals surface area contributed by atoms with Gasteiger partial charge >= 0.3 is 0 Å². The van der Waals surface area contributed by atoms with E-state index in [1.165, 1.54) is 5.56 Å². The molecule has 0 spiro atoms. The molecule has 1 aliphatic rings. The normalized spacial score (nSPS) is 20.2. The lowest BCUT2D eigenvalue weighted by molar-refractivity contribution is -0.0999. The third-order valence-corrected chi connectivity index (χ3v) is 3.36. The molecule has 2 nitrogen and oxygen atoms in total. The van der Waals surface area contributed by atoms with Crippen LogP contribution in [0.4, 0.5) is 0 Å². The first-order valence-electron chi connectivity index (χ1n) is 5.66. The van der Waals surface area contributed by atoms with Gasteiger partial charge < -0.3 is 10.1 Å². The van der Waals surface area contributed by atoms with E-state index in [1.54, 1.807) is 0 Å². The van der Waals surface area contributed by atoms with E-state index < -0.39 is 0 Å². The summed E-state index contributed by atoms with van der Waals surface area (Å²) in [5.41, 5.74) is 1.59. The van der Waals surface area contributed by atoms with Gasteiger partial charge in [0.25, 0.3) is 0 Å². The fraction of sp³-hybridized carbons (Fsp3) is 0.538. The summed E-state index contributed by atoms with van der Waals surface area (Å²) in [6, 6.07) is 8.36. The van der Waals surface area contributed by atoms with Crippen LogP contribution in [-0.4, -0.2) is 19.8 Å². The van der Waals surface area contributed by atoms with Gasteiger partial charge in [0.2, 0.25) is 0 Å². The zero-order valence-corrected chi connectivity index (χ0v) is 10.6. The van der Waals surface area contributed by atoms with Crippen molar-refractivity contribution < 1.29 is 4.74 Å². The molecule has 0 amide bonds. The van der Waals surface area contributed by atoms with Crippen molar-refractivity contribution >= 4 is 11.6 Å². The molecule has 0 aliphatic carbocycles. The van der Waals surface area contributed by atoms with Gasteiger partial charge in [0.05, 0.1) is 13.2 Å². The summed E-state index contributed by atoms with van der Waals surface area (Å²) in [7, 11) is 0. The van der Waals surface area contributed by atoms with Crippen LogP contribution in [0.2, 0.25) is 5.02 Å². The highest BCUT2D eigenvalue weighted by atomic mass is 35.5. The second-order valence-electron chi connectivity index (χ2n) is 4.96. The molecule has 88 valence electrons. The molecular formula is C13H18ClNO. The summed E-state index contributed by atoms with van der Waals surface area (Å²) < 4.78 is 5.23. The van der Waals surface area contributed by atoms with E-state index in [2.05, 4.69) is 31.3 Å². The molecule has 1 aliphatic heterocycles. The van der Waals surface area contributed by atoms with Crippen LogP contribution in [0.1, 0.15) is 25.5 Å². The number of rotatable bonds is 4. The summed E-state index contributed by atoms with van der Waals surface area (Å²) in [6.07, 6.45) is 0. The van der Waals surface area contributed by atoms with Crippen molar-refractivity contribution in [2.75, 3.05) is 19.8 Å². The highest BCUT2D eigenvalue weighted by Crippen LogP contribution is 2.26. The Morgan fingerprint density at radius 1 is 1.38 bits per heavy atom. The molecule has 2 rings (SSSR count). The van der Waals surface area contributed by atoms with E-state index in [0.29, 0.717) is 11.5 Å². The molecule has 1 aromatic carbocycles. The largest absolute Gasteiger partial charge is 0.380 e. The second-order valence-corrected chi connectivity index (χ2v) is 5.39. The zero-order valence-electron chi connectivity index (χ0n) is 9.79. The standard InChI is InChI=1S/C13H18ClNO/c1-10(11-3-5-12(14)6-4-11)15-7-13(2)8-16-9-13/h3-6,10,15H,7-9H2,1-2H3/t10-/m1/s1.